The molecule has 190 valence electrons. The van der Waals surface area contributed by atoms with Crippen LogP contribution in [0.1, 0.15) is 71.6 Å². The van der Waals surface area contributed by atoms with Crippen LogP contribution in [-0.4, -0.2) is 29.3 Å². The number of fused-ring (bicyclic) bond motifs is 6. The molecule has 0 amide bonds. The first-order valence-corrected chi connectivity index (χ1v) is 14.4. The number of carbonyl (C=O) groups excluding carboxylic acids is 1. The predicted octanol–water partition coefficient (Wildman–Crippen LogP) is 7.18. The fraction of sp³-hybridized carbons (Fsp3) is 0.733. The van der Waals surface area contributed by atoms with Crippen molar-refractivity contribution in [3.63, 3.8) is 0 Å². The van der Waals surface area contributed by atoms with Crippen LogP contribution in [0.5, 0.6) is 0 Å². The second-order valence-electron chi connectivity index (χ2n) is 12.8. The Morgan fingerprint density at radius 2 is 2.00 bits per heavy atom. The summed E-state index contributed by atoms with van der Waals surface area (Å²) in [5.74, 6) is 4.44. The molecule has 35 heavy (non-hydrogen) atoms. The van der Waals surface area contributed by atoms with Gasteiger partial charge in [0, 0.05) is 23.4 Å². The van der Waals surface area contributed by atoms with E-state index in [2.05, 4.69) is 18.9 Å². The third kappa shape index (κ3) is 3.72. The number of nitrogens with zero attached hydrogens (tertiary/aromatic N) is 2. The van der Waals surface area contributed by atoms with E-state index >= 15 is 0 Å². The third-order valence-corrected chi connectivity index (χ3v) is 11.6. The molecule has 4 fully saturated rings. The number of Topliss-reactive ketones (excluding diaryl/α,β-unsaturated/α-hetero) is 1. The Kier molecular flexibility index (Phi) is 6.08. The van der Waals surface area contributed by atoms with Gasteiger partial charge < -0.3 is 4.74 Å². The summed E-state index contributed by atoms with van der Waals surface area (Å²) >= 11 is 6.16. The second-order valence-corrected chi connectivity index (χ2v) is 13.3. The van der Waals surface area contributed by atoms with Crippen molar-refractivity contribution in [2.75, 3.05) is 13.7 Å². The van der Waals surface area contributed by atoms with Crippen molar-refractivity contribution < 1.29 is 9.53 Å². The molecule has 1 heterocycles. The molecule has 1 aromatic carbocycles. The highest BCUT2D eigenvalue weighted by Gasteiger charge is 2.62. The Bertz CT molecular complexity index is 1110. The van der Waals surface area contributed by atoms with E-state index in [1.807, 2.05) is 36.2 Å². The Labute approximate surface area is 215 Å². The molecule has 4 aliphatic carbocycles. The molecular weight excluding hydrogens is 456 g/mol. The monoisotopic (exact) mass is 496 g/mol. The van der Waals surface area contributed by atoms with Crippen LogP contribution in [0.4, 0.5) is 0 Å². The van der Waals surface area contributed by atoms with Gasteiger partial charge in [-0.2, -0.15) is 5.10 Å². The van der Waals surface area contributed by atoms with E-state index < -0.39 is 0 Å². The third-order valence-electron chi connectivity index (χ3n) is 11.3. The molecule has 0 radical (unpaired) electrons. The lowest BCUT2D eigenvalue weighted by Gasteiger charge is -2.61. The normalized spacial score (nSPS) is 40.8. The van der Waals surface area contributed by atoms with Crippen molar-refractivity contribution in [2.45, 2.75) is 78.2 Å². The molecule has 0 N–H and O–H groups in total. The number of carbonyl (C=O) groups is 1. The number of ether oxygens (including phenoxy) is 1. The van der Waals surface area contributed by atoms with Gasteiger partial charge >= 0.3 is 0 Å². The Balaban J connectivity index is 1.23. The van der Waals surface area contributed by atoms with Crippen molar-refractivity contribution >= 4 is 28.3 Å². The highest BCUT2D eigenvalue weighted by atomic mass is 35.5. The molecule has 8 atom stereocenters. The lowest BCUT2D eigenvalue weighted by Crippen LogP contribution is -2.56. The summed E-state index contributed by atoms with van der Waals surface area (Å²) in [4.78, 5) is 13.8. The van der Waals surface area contributed by atoms with Crippen LogP contribution in [0, 0.1) is 46.3 Å². The molecule has 0 bridgehead atoms. The van der Waals surface area contributed by atoms with E-state index in [1.165, 1.54) is 51.4 Å². The summed E-state index contributed by atoms with van der Waals surface area (Å²) in [6, 6.07) is 5.80. The molecule has 4 aliphatic rings. The zero-order chi connectivity index (χ0) is 24.4. The number of halogens is 1. The average molecular weight is 497 g/mol. The minimum absolute atomic E-state index is 0.133. The molecule has 0 saturated heterocycles. The Morgan fingerprint density at radius 3 is 2.83 bits per heavy atom. The van der Waals surface area contributed by atoms with Crippen LogP contribution in [0.3, 0.4) is 0 Å². The lowest BCUT2D eigenvalue weighted by molar-refractivity contribution is -0.154. The van der Waals surface area contributed by atoms with Crippen molar-refractivity contribution in [2.24, 2.45) is 46.3 Å². The van der Waals surface area contributed by atoms with Crippen molar-refractivity contribution in [1.82, 2.24) is 9.78 Å². The van der Waals surface area contributed by atoms with Crippen LogP contribution >= 0.6 is 11.6 Å². The molecule has 1 aromatic heterocycles. The van der Waals surface area contributed by atoms with Gasteiger partial charge in [-0.15, -0.1) is 0 Å². The van der Waals surface area contributed by atoms with E-state index in [0.29, 0.717) is 28.7 Å². The highest BCUT2D eigenvalue weighted by molar-refractivity contribution is 6.31. The van der Waals surface area contributed by atoms with Gasteiger partial charge in [-0.05, 0) is 110 Å². The SMILES string of the molecule is COC[C@]12CC[C@H](C)CC1CCC1C3CCC(C(=O)Cn4ncc5cc(Cl)ccc54)C3(C)CCC12. The number of benzene rings is 1. The van der Waals surface area contributed by atoms with Gasteiger partial charge in [0.15, 0.2) is 5.78 Å². The number of rotatable bonds is 5. The maximum absolute atomic E-state index is 13.8. The standard InChI is InChI=1S/C30H41ClN2O2/c1-19-10-13-30(18-35-3)21(14-19)4-6-23-24-7-8-26(29(24,2)12-11-25(23)30)28(34)17-33-27-9-5-22(31)15-20(27)16-32-33/h5,9,15-16,19,21,23-26H,4,6-8,10-14,17-18H2,1-3H3/t19-,21?,23?,24?,25?,26?,29?,30+/m0/s1. The van der Waals surface area contributed by atoms with Gasteiger partial charge in [-0.1, -0.05) is 31.9 Å². The van der Waals surface area contributed by atoms with Crippen LogP contribution in [-0.2, 0) is 16.1 Å². The molecule has 2 aromatic rings. The second kappa shape index (κ2) is 8.87. The quantitative estimate of drug-likeness (QED) is 0.440. The van der Waals surface area contributed by atoms with E-state index in [1.54, 1.807) is 0 Å². The van der Waals surface area contributed by atoms with E-state index in [-0.39, 0.29) is 11.3 Å². The van der Waals surface area contributed by atoms with Crippen LogP contribution in [0.15, 0.2) is 24.4 Å². The maximum atomic E-state index is 13.8. The minimum Gasteiger partial charge on any atom is -0.384 e. The number of methoxy groups -OCH3 is 1. The van der Waals surface area contributed by atoms with Crippen molar-refractivity contribution in [1.29, 1.82) is 0 Å². The number of ketones is 1. The molecule has 6 unspecified atom stereocenters. The van der Waals surface area contributed by atoms with Gasteiger partial charge in [-0.3, -0.25) is 9.48 Å². The maximum Gasteiger partial charge on any atom is 0.157 e. The zero-order valence-corrected chi connectivity index (χ0v) is 22.4. The molecular formula is C30H41ClN2O2. The topological polar surface area (TPSA) is 44.1 Å². The lowest BCUT2D eigenvalue weighted by atomic mass is 9.44. The minimum atomic E-state index is 0.133. The molecule has 6 rings (SSSR count). The first-order chi connectivity index (χ1) is 16.9. The highest BCUT2D eigenvalue weighted by Crippen LogP contribution is 2.68. The van der Waals surface area contributed by atoms with Gasteiger partial charge in [0.2, 0.25) is 0 Å². The molecule has 0 aliphatic heterocycles. The Morgan fingerprint density at radius 1 is 1.14 bits per heavy atom. The fourth-order valence-corrected chi connectivity index (χ4v) is 9.97. The first-order valence-electron chi connectivity index (χ1n) is 14.0. The summed E-state index contributed by atoms with van der Waals surface area (Å²) < 4.78 is 7.84. The summed E-state index contributed by atoms with van der Waals surface area (Å²) in [7, 11) is 1.91. The summed E-state index contributed by atoms with van der Waals surface area (Å²) in [6.45, 7) is 6.22. The van der Waals surface area contributed by atoms with Crippen LogP contribution in [0.25, 0.3) is 10.9 Å². The summed E-state index contributed by atoms with van der Waals surface area (Å²) in [5, 5.41) is 6.26. The number of aromatic nitrogens is 2. The Hall–Kier alpha value is -1.39. The van der Waals surface area contributed by atoms with Crippen LogP contribution < -0.4 is 0 Å². The largest absolute Gasteiger partial charge is 0.384 e. The van der Waals surface area contributed by atoms with Gasteiger partial charge in [-0.25, -0.2) is 0 Å². The molecule has 4 nitrogen and oxygen atoms in total. The van der Waals surface area contributed by atoms with Crippen molar-refractivity contribution in [3.05, 3.63) is 29.4 Å². The number of hydrogen-bond donors (Lipinski definition) is 0. The van der Waals surface area contributed by atoms with E-state index in [0.717, 1.165) is 47.6 Å². The molecule has 5 heteroatoms. The first kappa shape index (κ1) is 24.0. The average Bonchev–Trinajstić information content (AvgIpc) is 3.39. The summed E-state index contributed by atoms with van der Waals surface area (Å²) in [6.07, 6.45) is 13.4. The molecule has 4 saturated carbocycles. The zero-order valence-electron chi connectivity index (χ0n) is 21.6. The van der Waals surface area contributed by atoms with Crippen molar-refractivity contribution in [3.8, 4) is 0 Å². The fourth-order valence-electron chi connectivity index (χ4n) is 9.78. The smallest absolute Gasteiger partial charge is 0.157 e. The number of hydrogen-bond acceptors (Lipinski definition) is 3. The van der Waals surface area contributed by atoms with Gasteiger partial charge in [0.25, 0.3) is 0 Å². The van der Waals surface area contributed by atoms with E-state index in [9.17, 15) is 4.79 Å². The predicted molar refractivity (Wildman–Crippen MR) is 140 cm³/mol. The van der Waals surface area contributed by atoms with Crippen LogP contribution in [0.2, 0.25) is 5.02 Å². The van der Waals surface area contributed by atoms with Gasteiger partial charge in [0.05, 0.1) is 18.3 Å². The van der Waals surface area contributed by atoms with Gasteiger partial charge in [0.1, 0.15) is 6.54 Å². The van der Waals surface area contributed by atoms with E-state index in [4.69, 9.17) is 16.3 Å². The summed E-state index contributed by atoms with van der Waals surface area (Å²) in [5.41, 5.74) is 1.51. The molecule has 0 spiro atoms.